The van der Waals surface area contributed by atoms with Crippen molar-refractivity contribution in [3.63, 3.8) is 0 Å². The van der Waals surface area contributed by atoms with Gasteiger partial charge in [0.1, 0.15) is 6.04 Å². The van der Waals surface area contributed by atoms with Crippen molar-refractivity contribution >= 4 is 23.6 Å². The molecule has 4 nitrogen and oxygen atoms in total. The number of carbonyl (C=O) groups excluding carboxylic acids is 1. The van der Waals surface area contributed by atoms with Gasteiger partial charge in [0, 0.05) is 6.42 Å². The summed E-state index contributed by atoms with van der Waals surface area (Å²) in [6.07, 6.45) is 34.8. The van der Waals surface area contributed by atoms with E-state index in [-0.39, 0.29) is 5.91 Å². The number of allylic oxidation sites excluding steroid dienone is 12. The molecule has 0 aliphatic carbocycles. The van der Waals surface area contributed by atoms with E-state index in [1.807, 2.05) is 18.4 Å². The molecule has 0 aliphatic heterocycles. The van der Waals surface area contributed by atoms with Gasteiger partial charge < -0.3 is 10.4 Å². The first-order valence-corrected chi connectivity index (χ1v) is 12.9. The molecule has 0 bridgehead atoms. The summed E-state index contributed by atoms with van der Waals surface area (Å²) in [4.78, 5) is 23.0. The van der Waals surface area contributed by atoms with Crippen LogP contribution in [-0.2, 0) is 9.59 Å². The molecule has 178 valence electrons. The average Bonchev–Trinajstić information content (AvgIpc) is 2.78. The molecule has 0 unspecified atom stereocenters. The second kappa shape index (κ2) is 23.4. The van der Waals surface area contributed by atoms with Gasteiger partial charge in [0.15, 0.2) is 0 Å². The minimum absolute atomic E-state index is 0.210. The third-order valence-corrected chi connectivity index (χ3v) is 5.02. The van der Waals surface area contributed by atoms with E-state index in [1.165, 1.54) is 0 Å². The number of amides is 1. The zero-order valence-electron chi connectivity index (χ0n) is 19.7. The van der Waals surface area contributed by atoms with E-state index < -0.39 is 12.0 Å². The predicted molar refractivity (Wildman–Crippen MR) is 140 cm³/mol. The molecule has 0 rings (SSSR count). The van der Waals surface area contributed by atoms with Gasteiger partial charge in [-0.3, -0.25) is 4.79 Å². The van der Waals surface area contributed by atoms with Crippen LogP contribution in [0.3, 0.4) is 0 Å². The lowest BCUT2D eigenvalue weighted by Gasteiger charge is -2.13. The quantitative estimate of drug-likeness (QED) is 0.209. The van der Waals surface area contributed by atoms with Crippen molar-refractivity contribution in [1.82, 2.24) is 5.32 Å². The third-order valence-electron chi connectivity index (χ3n) is 4.38. The van der Waals surface area contributed by atoms with Crippen molar-refractivity contribution in [1.29, 1.82) is 0 Å². The number of carboxylic acid groups (broad SMARTS) is 1. The lowest BCUT2D eigenvalue weighted by molar-refractivity contribution is -0.141. The van der Waals surface area contributed by atoms with Gasteiger partial charge in [0.05, 0.1) is 0 Å². The summed E-state index contributed by atoms with van der Waals surface area (Å²) in [5.41, 5.74) is 0. The molecule has 0 saturated carbocycles. The maximum absolute atomic E-state index is 11.9. The number of aliphatic carboxylic acids is 1. The second-order valence-corrected chi connectivity index (χ2v) is 8.18. The molecule has 0 aliphatic rings. The van der Waals surface area contributed by atoms with Crippen molar-refractivity contribution in [3.8, 4) is 0 Å². The standard InChI is InChI=1S/C27H41NO3S/c1-3-4-5-6-7-8-9-10-11-12-13-14-15-16-17-18-19-20-21-22-26(29)28-25(27(30)31)23-24-32-2/h4-5,7-8,10-11,13-14,16-17,19-20,25H,3,6,9,12,15,18,21-24H2,1-2H3,(H,28,29)(H,30,31)/b5-4-,8-7-,11-10-,14-13-,17-16-,20-19-/t25-/m0/s1. The number of thioether (sulfide) groups is 1. The van der Waals surface area contributed by atoms with Crippen LogP contribution in [0.2, 0.25) is 0 Å². The Morgan fingerprint density at radius 1 is 0.781 bits per heavy atom. The fraction of sp³-hybridized carbons (Fsp3) is 0.481. The fourth-order valence-electron chi connectivity index (χ4n) is 2.61. The van der Waals surface area contributed by atoms with Crippen molar-refractivity contribution in [2.45, 2.75) is 70.8 Å². The van der Waals surface area contributed by atoms with Gasteiger partial charge in [0.25, 0.3) is 0 Å². The van der Waals surface area contributed by atoms with Gasteiger partial charge in [-0.2, -0.15) is 11.8 Å². The summed E-state index contributed by atoms with van der Waals surface area (Å²) in [5, 5.41) is 11.7. The Balaban J connectivity index is 3.77. The van der Waals surface area contributed by atoms with Gasteiger partial charge >= 0.3 is 5.97 Å². The zero-order valence-corrected chi connectivity index (χ0v) is 20.6. The zero-order chi connectivity index (χ0) is 23.7. The molecular formula is C27H41NO3S. The summed E-state index contributed by atoms with van der Waals surface area (Å²) < 4.78 is 0. The monoisotopic (exact) mass is 459 g/mol. The smallest absolute Gasteiger partial charge is 0.326 e. The maximum atomic E-state index is 11.9. The molecule has 5 heteroatoms. The van der Waals surface area contributed by atoms with E-state index in [9.17, 15) is 9.59 Å². The number of carbonyl (C=O) groups is 2. The Bertz CT molecular complexity index is 660. The van der Waals surface area contributed by atoms with E-state index >= 15 is 0 Å². The summed E-state index contributed by atoms with van der Waals surface area (Å²) in [6.45, 7) is 2.14. The highest BCUT2D eigenvalue weighted by Crippen LogP contribution is 2.03. The van der Waals surface area contributed by atoms with E-state index in [2.05, 4.69) is 73.0 Å². The predicted octanol–water partition coefficient (Wildman–Crippen LogP) is 6.79. The molecule has 0 spiro atoms. The maximum Gasteiger partial charge on any atom is 0.326 e. The van der Waals surface area contributed by atoms with Crippen LogP contribution in [0, 0.1) is 0 Å². The molecule has 0 saturated heterocycles. The number of rotatable bonds is 19. The SMILES string of the molecule is CC/C=C\C/C=C\C/C=C\C/C=C\C/C=C\C/C=C\CCC(=O)N[C@@H](CCSC)C(=O)O. The van der Waals surface area contributed by atoms with Gasteiger partial charge in [0.2, 0.25) is 5.91 Å². The molecule has 1 atom stereocenters. The molecule has 0 aromatic rings. The normalized spacial score (nSPS) is 13.6. The molecule has 32 heavy (non-hydrogen) atoms. The molecule has 2 N–H and O–H groups in total. The largest absolute Gasteiger partial charge is 0.480 e. The molecule has 0 radical (unpaired) electrons. The van der Waals surface area contributed by atoms with E-state index in [4.69, 9.17) is 5.11 Å². The molecule has 1 amide bonds. The summed E-state index contributed by atoms with van der Waals surface area (Å²) >= 11 is 1.57. The third kappa shape index (κ3) is 21.0. The first-order valence-electron chi connectivity index (χ1n) is 11.5. The van der Waals surface area contributed by atoms with Gasteiger partial charge in [-0.1, -0.05) is 79.8 Å². The molecule has 0 heterocycles. The Hall–Kier alpha value is -2.27. The lowest BCUT2D eigenvalue weighted by Crippen LogP contribution is -2.41. The van der Waals surface area contributed by atoms with Crippen LogP contribution in [0.5, 0.6) is 0 Å². The van der Waals surface area contributed by atoms with Crippen LogP contribution in [0.15, 0.2) is 72.9 Å². The van der Waals surface area contributed by atoms with Gasteiger partial charge in [-0.15, -0.1) is 0 Å². The van der Waals surface area contributed by atoms with E-state index in [0.29, 0.717) is 25.0 Å². The Morgan fingerprint density at radius 2 is 1.22 bits per heavy atom. The van der Waals surface area contributed by atoms with Crippen molar-refractivity contribution in [3.05, 3.63) is 72.9 Å². The van der Waals surface area contributed by atoms with E-state index in [0.717, 1.165) is 38.5 Å². The molecular weight excluding hydrogens is 418 g/mol. The topological polar surface area (TPSA) is 66.4 Å². The van der Waals surface area contributed by atoms with Crippen molar-refractivity contribution in [2.24, 2.45) is 0 Å². The van der Waals surface area contributed by atoms with Crippen LogP contribution >= 0.6 is 11.8 Å². The minimum Gasteiger partial charge on any atom is -0.480 e. The summed E-state index contributed by atoms with van der Waals surface area (Å²) in [7, 11) is 0. The average molecular weight is 460 g/mol. The molecule has 0 aromatic heterocycles. The van der Waals surface area contributed by atoms with Crippen LogP contribution in [0.4, 0.5) is 0 Å². The molecule has 0 fully saturated rings. The first kappa shape index (κ1) is 29.7. The first-order chi connectivity index (χ1) is 15.6. The number of carboxylic acids is 1. The van der Waals surface area contributed by atoms with Crippen LogP contribution in [0.25, 0.3) is 0 Å². The van der Waals surface area contributed by atoms with Crippen LogP contribution in [0.1, 0.15) is 64.7 Å². The lowest BCUT2D eigenvalue weighted by atomic mass is 10.2. The van der Waals surface area contributed by atoms with Crippen molar-refractivity contribution < 1.29 is 14.7 Å². The summed E-state index contributed by atoms with van der Waals surface area (Å²) in [5.74, 6) is -0.468. The second-order valence-electron chi connectivity index (χ2n) is 7.19. The highest BCUT2D eigenvalue weighted by atomic mass is 32.2. The Kier molecular flexibility index (Phi) is 21.7. The number of hydrogen-bond acceptors (Lipinski definition) is 3. The van der Waals surface area contributed by atoms with Gasteiger partial charge in [-0.05, 0) is 63.4 Å². The highest BCUT2D eigenvalue weighted by molar-refractivity contribution is 7.98. The fourth-order valence-corrected chi connectivity index (χ4v) is 3.09. The van der Waals surface area contributed by atoms with Crippen LogP contribution in [-0.4, -0.2) is 35.0 Å². The molecule has 0 aromatic carbocycles. The van der Waals surface area contributed by atoms with Crippen molar-refractivity contribution in [2.75, 3.05) is 12.0 Å². The summed E-state index contributed by atoms with van der Waals surface area (Å²) in [6, 6.07) is -0.791. The number of hydrogen-bond donors (Lipinski definition) is 2. The number of nitrogens with one attached hydrogen (secondary N) is 1. The van der Waals surface area contributed by atoms with Crippen LogP contribution < -0.4 is 5.32 Å². The highest BCUT2D eigenvalue weighted by Gasteiger charge is 2.18. The Morgan fingerprint density at radius 3 is 1.62 bits per heavy atom. The van der Waals surface area contributed by atoms with E-state index in [1.54, 1.807) is 11.8 Å². The Labute approximate surface area is 199 Å². The van der Waals surface area contributed by atoms with Gasteiger partial charge in [-0.25, -0.2) is 4.79 Å². The minimum atomic E-state index is -0.971.